The third-order valence-electron chi connectivity index (χ3n) is 11.8. The number of nitrogens with zero attached hydrogens (tertiary/aromatic N) is 4. The number of hydrogen-bond donors (Lipinski definition) is 0. The highest BCUT2D eigenvalue weighted by Gasteiger charge is 2.22. The van der Waals surface area contributed by atoms with E-state index in [-0.39, 0.29) is 0 Å². The molecule has 0 radical (unpaired) electrons. The molecule has 62 heavy (non-hydrogen) atoms. The number of aromatic nitrogens is 4. The smallest absolute Gasteiger partial charge is 0.160 e. The number of rotatable bonds is 7. The van der Waals surface area contributed by atoms with Crippen molar-refractivity contribution in [3.63, 3.8) is 0 Å². The molecule has 0 saturated heterocycles. The third kappa shape index (κ3) is 6.18. The highest BCUT2D eigenvalue weighted by atomic mass is 32.1. The van der Waals surface area contributed by atoms with Crippen LogP contribution in [-0.4, -0.2) is 19.7 Å². The van der Waals surface area contributed by atoms with Crippen LogP contribution >= 0.6 is 11.3 Å². The number of para-hydroxylation sites is 1. The van der Waals surface area contributed by atoms with Gasteiger partial charge in [0.2, 0.25) is 0 Å². The monoisotopic (exact) mass is 808 g/mol. The van der Waals surface area contributed by atoms with Crippen LogP contribution in [0.3, 0.4) is 0 Å². The summed E-state index contributed by atoms with van der Waals surface area (Å²) in [6, 6.07) is 77.2. The Hall–Kier alpha value is -7.99. The minimum Gasteiger partial charge on any atom is -0.232 e. The maximum Gasteiger partial charge on any atom is 0.160 e. The zero-order valence-electron chi connectivity index (χ0n) is 33.5. The Morgan fingerprint density at radius 3 is 1.71 bits per heavy atom. The molecule has 290 valence electrons. The minimum absolute atomic E-state index is 0.687. The molecule has 0 N–H and O–H groups in total. The Labute approximate surface area is 362 Å². The molecule has 9 aromatic carbocycles. The molecule has 0 fully saturated rings. The number of benzene rings is 9. The molecule has 0 spiro atoms. The van der Waals surface area contributed by atoms with Crippen LogP contribution in [0, 0.1) is 0 Å². The summed E-state index contributed by atoms with van der Waals surface area (Å²) in [6.45, 7) is 0. The molecule has 5 heteroatoms. The molecule has 12 rings (SSSR count). The van der Waals surface area contributed by atoms with E-state index in [1.807, 2.05) is 35.6 Å². The van der Waals surface area contributed by atoms with Crippen LogP contribution in [0.5, 0.6) is 0 Å². The molecular weight excluding hydrogens is 773 g/mol. The lowest BCUT2D eigenvalue weighted by Crippen LogP contribution is -1.97. The summed E-state index contributed by atoms with van der Waals surface area (Å²) in [7, 11) is 0. The first kappa shape index (κ1) is 35.9. The predicted octanol–water partition coefficient (Wildman–Crippen LogP) is 15.3. The van der Waals surface area contributed by atoms with E-state index in [9.17, 15) is 0 Å². The highest BCUT2D eigenvalue weighted by molar-refractivity contribution is 7.26. The Bertz CT molecular complexity index is 3600. The van der Waals surface area contributed by atoms with Gasteiger partial charge in [-0.25, -0.2) is 14.6 Å². The summed E-state index contributed by atoms with van der Waals surface area (Å²) < 4.78 is 4.73. The van der Waals surface area contributed by atoms with Gasteiger partial charge in [0, 0.05) is 53.2 Å². The number of fused-ring (bicyclic) bond motifs is 6. The number of hydrogen-bond acceptors (Lipinski definition) is 4. The summed E-state index contributed by atoms with van der Waals surface area (Å²) in [4.78, 5) is 10.4. The van der Waals surface area contributed by atoms with Crippen molar-refractivity contribution in [1.82, 2.24) is 19.7 Å². The van der Waals surface area contributed by atoms with Gasteiger partial charge in [0.15, 0.2) is 5.82 Å². The fraction of sp³-hybridized carbons (Fsp3) is 0. The van der Waals surface area contributed by atoms with Crippen LogP contribution in [-0.2, 0) is 0 Å². The van der Waals surface area contributed by atoms with Crippen molar-refractivity contribution >= 4 is 53.2 Å². The first-order chi connectivity index (χ1) is 30.7. The van der Waals surface area contributed by atoms with E-state index in [1.54, 1.807) is 0 Å². The van der Waals surface area contributed by atoms with Crippen LogP contribution in [0.15, 0.2) is 218 Å². The molecule has 0 saturated carbocycles. The van der Waals surface area contributed by atoms with E-state index in [0.29, 0.717) is 5.82 Å². The van der Waals surface area contributed by atoms with E-state index in [1.165, 1.54) is 31.3 Å². The van der Waals surface area contributed by atoms with Crippen molar-refractivity contribution in [3.05, 3.63) is 218 Å². The molecular formula is C57H36N4S. The first-order valence-corrected chi connectivity index (χ1v) is 21.7. The Kier molecular flexibility index (Phi) is 8.65. The first-order valence-electron chi connectivity index (χ1n) is 20.9. The maximum absolute atomic E-state index is 5.38. The largest absolute Gasteiger partial charge is 0.232 e. The van der Waals surface area contributed by atoms with Gasteiger partial charge in [-0.2, -0.15) is 5.10 Å². The van der Waals surface area contributed by atoms with Crippen LogP contribution in [0.2, 0.25) is 0 Å². The Balaban J connectivity index is 1.04. The molecule has 4 nitrogen and oxygen atoms in total. The quantitative estimate of drug-likeness (QED) is 0.161. The standard InChI is InChI=1S/C57H36N4S/c1-5-16-37(17-6-1)49-35-43-34-42(32-33-45(43)55-53(49)54(40-18-7-2-8-19-40)60-61(55)44-22-11-4-12-23-44)51-36-50(58-57(59-51)41-20-9-3-10-21-41)39-30-28-38(29-31-39)46-25-15-26-48-47-24-13-14-27-52(47)62-56(46)48/h1-36H. The SMILES string of the molecule is c1ccc(-c2nc(-c3ccc(-c4cccc5c4sc4ccccc45)cc3)cc(-c3ccc4c(c3)cc(-c3ccccc3)c3c(-c5ccccc5)nn(-c5ccccc5)c34)n2)cc1. The molecule has 12 aromatic rings. The summed E-state index contributed by atoms with van der Waals surface area (Å²) >= 11 is 1.86. The summed E-state index contributed by atoms with van der Waals surface area (Å²) in [6.07, 6.45) is 0. The van der Waals surface area contributed by atoms with Gasteiger partial charge in [-0.15, -0.1) is 11.3 Å². The summed E-state index contributed by atoms with van der Waals surface area (Å²) in [5, 5.41) is 11.3. The second-order valence-electron chi connectivity index (χ2n) is 15.6. The second-order valence-corrected chi connectivity index (χ2v) is 16.6. The lowest BCUT2D eigenvalue weighted by atomic mass is 9.92. The zero-order chi connectivity index (χ0) is 41.0. The lowest BCUT2D eigenvalue weighted by Gasteiger charge is -2.13. The molecule has 0 amide bonds. The fourth-order valence-corrected chi connectivity index (χ4v) is 10.1. The average Bonchev–Trinajstić information content (AvgIpc) is 3.95. The van der Waals surface area contributed by atoms with E-state index >= 15 is 0 Å². The van der Waals surface area contributed by atoms with Gasteiger partial charge in [0.1, 0.15) is 5.69 Å². The Morgan fingerprint density at radius 1 is 0.387 bits per heavy atom. The lowest BCUT2D eigenvalue weighted by molar-refractivity contribution is 0.918. The maximum atomic E-state index is 5.38. The van der Waals surface area contributed by atoms with E-state index in [2.05, 4.69) is 199 Å². The molecule has 0 unspecified atom stereocenters. The summed E-state index contributed by atoms with van der Waals surface area (Å²) in [5.41, 5.74) is 13.5. The molecule has 0 atom stereocenters. The van der Waals surface area contributed by atoms with Crippen molar-refractivity contribution in [2.24, 2.45) is 0 Å². The van der Waals surface area contributed by atoms with Gasteiger partial charge in [0.05, 0.1) is 22.6 Å². The van der Waals surface area contributed by atoms with E-state index < -0.39 is 0 Å². The molecule has 0 aliphatic rings. The van der Waals surface area contributed by atoms with Gasteiger partial charge in [-0.3, -0.25) is 0 Å². The highest BCUT2D eigenvalue weighted by Crippen LogP contribution is 2.44. The predicted molar refractivity (Wildman–Crippen MR) is 260 cm³/mol. The molecule has 3 aromatic heterocycles. The van der Waals surface area contributed by atoms with Gasteiger partial charge in [-0.1, -0.05) is 182 Å². The molecule has 0 aliphatic heterocycles. The average molecular weight is 809 g/mol. The van der Waals surface area contributed by atoms with Gasteiger partial charge >= 0.3 is 0 Å². The normalized spacial score (nSPS) is 11.5. The van der Waals surface area contributed by atoms with Crippen molar-refractivity contribution in [2.45, 2.75) is 0 Å². The van der Waals surface area contributed by atoms with Crippen molar-refractivity contribution in [2.75, 3.05) is 0 Å². The Morgan fingerprint density at radius 2 is 0.968 bits per heavy atom. The molecule has 0 aliphatic carbocycles. The van der Waals surface area contributed by atoms with Crippen LogP contribution < -0.4 is 0 Å². The van der Waals surface area contributed by atoms with E-state index in [0.717, 1.165) is 77.8 Å². The van der Waals surface area contributed by atoms with Gasteiger partial charge in [-0.05, 0) is 64.0 Å². The van der Waals surface area contributed by atoms with Crippen LogP contribution in [0.25, 0.3) is 115 Å². The van der Waals surface area contributed by atoms with Crippen molar-refractivity contribution in [1.29, 1.82) is 0 Å². The summed E-state index contributed by atoms with van der Waals surface area (Å²) in [5.74, 6) is 0.687. The van der Waals surface area contributed by atoms with Gasteiger partial charge < -0.3 is 0 Å². The van der Waals surface area contributed by atoms with Crippen molar-refractivity contribution < 1.29 is 0 Å². The minimum atomic E-state index is 0.687. The molecule has 3 heterocycles. The third-order valence-corrected chi connectivity index (χ3v) is 13.1. The number of thiophene rings is 1. The molecule has 0 bridgehead atoms. The second kappa shape index (κ2) is 14.9. The van der Waals surface area contributed by atoms with E-state index in [4.69, 9.17) is 15.1 Å². The van der Waals surface area contributed by atoms with Gasteiger partial charge in [0.25, 0.3) is 0 Å². The van der Waals surface area contributed by atoms with Crippen LogP contribution in [0.4, 0.5) is 0 Å². The zero-order valence-corrected chi connectivity index (χ0v) is 34.3. The topological polar surface area (TPSA) is 43.6 Å². The van der Waals surface area contributed by atoms with Crippen LogP contribution in [0.1, 0.15) is 0 Å². The van der Waals surface area contributed by atoms with Crippen molar-refractivity contribution in [3.8, 4) is 73.1 Å². The fourth-order valence-electron chi connectivity index (χ4n) is 8.86.